The van der Waals surface area contributed by atoms with Crippen LogP contribution in [0.3, 0.4) is 0 Å². The molecule has 35 heavy (non-hydrogen) atoms. The van der Waals surface area contributed by atoms with Gasteiger partial charge in [0.05, 0.1) is 49.9 Å². The molecule has 2 fully saturated rings. The van der Waals surface area contributed by atoms with Crippen LogP contribution in [0.5, 0.6) is 0 Å². The first-order chi connectivity index (χ1) is 17.1. The Balaban J connectivity index is 1.45. The summed E-state index contributed by atoms with van der Waals surface area (Å²) < 4.78 is 14.8. The third-order valence-electron chi connectivity index (χ3n) is 6.73. The standard InChI is InChI=1S/C24H27N7O4/c1-25-21-8-18(17-10-30(14-4-3-7-34-11-14)22-15(17)5-2-6-26-22)28-23-16(9-27-31(21)23)24(33)29-19-12-35-13-20(19)32/h2,5-6,8-10,14,19-20,25,32H,3-4,7,11-13H2,1H3,(H,29,33)/t14-,19?,20?/m1/s1. The van der Waals surface area contributed by atoms with E-state index < -0.39 is 12.1 Å². The summed E-state index contributed by atoms with van der Waals surface area (Å²) in [5.41, 5.74) is 3.25. The van der Waals surface area contributed by atoms with Crippen LogP contribution in [0.2, 0.25) is 0 Å². The van der Waals surface area contributed by atoms with Gasteiger partial charge < -0.3 is 29.8 Å². The van der Waals surface area contributed by atoms with Crippen molar-refractivity contribution in [2.24, 2.45) is 0 Å². The highest BCUT2D eigenvalue weighted by Gasteiger charge is 2.29. The van der Waals surface area contributed by atoms with Gasteiger partial charge in [0.1, 0.15) is 17.0 Å². The summed E-state index contributed by atoms with van der Waals surface area (Å²) >= 11 is 0. The highest BCUT2D eigenvalue weighted by molar-refractivity contribution is 6.01. The molecular weight excluding hydrogens is 450 g/mol. The van der Waals surface area contributed by atoms with Gasteiger partial charge in [-0.1, -0.05) is 0 Å². The largest absolute Gasteiger partial charge is 0.388 e. The zero-order chi connectivity index (χ0) is 23.9. The Kier molecular flexibility index (Phi) is 5.59. The van der Waals surface area contributed by atoms with Crippen LogP contribution in [0.25, 0.3) is 27.9 Å². The first-order valence-electron chi connectivity index (χ1n) is 11.8. The zero-order valence-corrected chi connectivity index (χ0v) is 19.3. The van der Waals surface area contributed by atoms with Gasteiger partial charge in [0.25, 0.3) is 5.91 Å². The molecule has 2 aliphatic heterocycles. The van der Waals surface area contributed by atoms with E-state index in [1.807, 2.05) is 18.2 Å². The lowest BCUT2D eigenvalue weighted by Crippen LogP contribution is -2.42. The van der Waals surface area contributed by atoms with Crippen LogP contribution < -0.4 is 10.6 Å². The molecule has 6 rings (SSSR count). The van der Waals surface area contributed by atoms with Gasteiger partial charge in [0, 0.05) is 43.1 Å². The van der Waals surface area contributed by atoms with E-state index >= 15 is 0 Å². The Bertz CT molecular complexity index is 1390. The van der Waals surface area contributed by atoms with Crippen LogP contribution in [0, 0.1) is 0 Å². The summed E-state index contributed by atoms with van der Waals surface area (Å²) in [4.78, 5) is 22.6. The Labute approximate surface area is 201 Å². The average molecular weight is 478 g/mol. The molecule has 3 atom stereocenters. The van der Waals surface area contributed by atoms with Crippen molar-refractivity contribution in [1.82, 2.24) is 29.5 Å². The van der Waals surface area contributed by atoms with E-state index in [0.29, 0.717) is 29.3 Å². The van der Waals surface area contributed by atoms with Crippen molar-refractivity contribution in [2.75, 3.05) is 38.8 Å². The number of anilines is 1. The second-order valence-electron chi connectivity index (χ2n) is 8.95. The topological polar surface area (TPSA) is 128 Å². The van der Waals surface area contributed by atoms with Crippen LogP contribution >= 0.6 is 0 Å². The van der Waals surface area contributed by atoms with Gasteiger partial charge in [-0.2, -0.15) is 9.61 Å². The summed E-state index contributed by atoms with van der Waals surface area (Å²) in [5, 5.41) is 21.4. The summed E-state index contributed by atoms with van der Waals surface area (Å²) in [6, 6.07) is 5.61. The number of aromatic nitrogens is 5. The van der Waals surface area contributed by atoms with E-state index in [4.69, 9.17) is 14.5 Å². The molecule has 182 valence electrons. The predicted molar refractivity (Wildman–Crippen MR) is 128 cm³/mol. The number of nitrogens with one attached hydrogen (secondary N) is 2. The number of ether oxygens (including phenoxy) is 2. The molecule has 1 amide bonds. The molecular formula is C24H27N7O4. The number of rotatable bonds is 5. The van der Waals surface area contributed by atoms with E-state index in [-0.39, 0.29) is 25.2 Å². The highest BCUT2D eigenvalue weighted by atomic mass is 16.5. The monoisotopic (exact) mass is 477 g/mol. The maximum Gasteiger partial charge on any atom is 0.257 e. The lowest BCUT2D eigenvalue weighted by Gasteiger charge is -2.24. The van der Waals surface area contributed by atoms with Gasteiger partial charge in [-0.15, -0.1) is 0 Å². The van der Waals surface area contributed by atoms with Crippen molar-refractivity contribution in [1.29, 1.82) is 0 Å². The number of pyridine rings is 1. The first kappa shape index (κ1) is 22.0. The van der Waals surface area contributed by atoms with Crippen molar-refractivity contribution in [2.45, 2.75) is 31.0 Å². The summed E-state index contributed by atoms with van der Waals surface area (Å²) in [6.07, 6.45) is 6.67. The number of fused-ring (bicyclic) bond motifs is 2. The predicted octanol–water partition coefficient (Wildman–Crippen LogP) is 1.63. The van der Waals surface area contributed by atoms with Crippen LogP contribution in [0.4, 0.5) is 5.82 Å². The fourth-order valence-electron chi connectivity index (χ4n) is 4.87. The summed E-state index contributed by atoms with van der Waals surface area (Å²) in [7, 11) is 1.80. The molecule has 0 aliphatic carbocycles. The minimum Gasteiger partial charge on any atom is -0.388 e. The van der Waals surface area contributed by atoms with E-state index in [1.165, 1.54) is 6.20 Å². The SMILES string of the molecule is CNc1cc(-c2cn([C@@H]3CCCOC3)c3ncccc23)nc2c(C(=O)NC3COCC3O)cnn12. The van der Waals surface area contributed by atoms with Crippen LogP contribution in [0.15, 0.2) is 36.8 Å². The van der Waals surface area contributed by atoms with Crippen molar-refractivity contribution in [3.63, 3.8) is 0 Å². The van der Waals surface area contributed by atoms with Gasteiger partial charge in [0.2, 0.25) is 0 Å². The van der Waals surface area contributed by atoms with Crippen LogP contribution in [-0.2, 0) is 9.47 Å². The van der Waals surface area contributed by atoms with Gasteiger partial charge in [-0.05, 0) is 25.0 Å². The van der Waals surface area contributed by atoms with E-state index in [0.717, 1.165) is 36.0 Å². The number of aliphatic hydroxyl groups excluding tert-OH is 1. The van der Waals surface area contributed by atoms with Crippen molar-refractivity contribution in [3.05, 3.63) is 42.4 Å². The number of carbonyl (C=O) groups excluding carboxylic acids is 1. The highest BCUT2D eigenvalue weighted by Crippen LogP contribution is 2.34. The number of amides is 1. The second kappa shape index (κ2) is 8.91. The van der Waals surface area contributed by atoms with Crippen LogP contribution in [0.1, 0.15) is 29.2 Å². The Morgan fingerprint density at radius 2 is 2.14 bits per heavy atom. The first-order valence-corrected chi connectivity index (χ1v) is 11.8. The Hall–Kier alpha value is -3.54. The number of hydrogen-bond acceptors (Lipinski definition) is 8. The maximum atomic E-state index is 13.1. The van der Waals surface area contributed by atoms with Crippen molar-refractivity contribution < 1.29 is 19.4 Å². The molecule has 0 aromatic carbocycles. The fourth-order valence-corrected chi connectivity index (χ4v) is 4.87. The zero-order valence-electron chi connectivity index (χ0n) is 19.3. The molecule has 6 heterocycles. The molecule has 2 aliphatic rings. The molecule has 4 aromatic rings. The lowest BCUT2D eigenvalue weighted by atomic mass is 10.1. The molecule has 11 heteroatoms. The number of carbonyl (C=O) groups is 1. The molecule has 0 radical (unpaired) electrons. The van der Waals surface area contributed by atoms with Gasteiger partial charge >= 0.3 is 0 Å². The molecule has 0 spiro atoms. The van der Waals surface area contributed by atoms with Crippen molar-refractivity contribution in [3.8, 4) is 11.3 Å². The molecule has 0 saturated carbocycles. The summed E-state index contributed by atoms with van der Waals surface area (Å²) in [5.74, 6) is 0.337. The molecule has 2 saturated heterocycles. The fraction of sp³-hybridized carbons (Fsp3) is 0.417. The Morgan fingerprint density at radius 3 is 2.91 bits per heavy atom. The van der Waals surface area contributed by atoms with Gasteiger partial charge in [-0.25, -0.2) is 9.97 Å². The quantitative estimate of drug-likeness (QED) is 0.396. The molecule has 4 aromatic heterocycles. The van der Waals surface area contributed by atoms with Crippen molar-refractivity contribution >= 4 is 28.4 Å². The Morgan fingerprint density at radius 1 is 1.23 bits per heavy atom. The third-order valence-corrected chi connectivity index (χ3v) is 6.73. The molecule has 3 N–H and O–H groups in total. The third kappa shape index (κ3) is 3.81. The van der Waals surface area contributed by atoms with E-state index in [9.17, 15) is 9.90 Å². The molecule has 11 nitrogen and oxygen atoms in total. The van der Waals surface area contributed by atoms with E-state index in [1.54, 1.807) is 17.8 Å². The minimum absolute atomic E-state index is 0.205. The molecule has 0 bridgehead atoms. The number of aliphatic hydroxyl groups is 1. The number of hydrogen-bond donors (Lipinski definition) is 3. The second-order valence-corrected chi connectivity index (χ2v) is 8.95. The lowest BCUT2D eigenvalue weighted by molar-refractivity contribution is 0.0605. The normalized spacial score (nSPS) is 22.6. The minimum atomic E-state index is -0.737. The molecule has 2 unspecified atom stereocenters. The van der Waals surface area contributed by atoms with Crippen LogP contribution in [-0.4, -0.2) is 80.8 Å². The van der Waals surface area contributed by atoms with Gasteiger partial charge in [0.15, 0.2) is 5.65 Å². The van der Waals surface area contributed by atoms with E-state index in [2.05, 4.69) is 31.5 Å². The average Bonchev–Trinajstić information content (AvgIpc) is 3.61. The smallest absolute Gasteiger partial charge is 0.257 e. The van der Waals surface area contributed by atoms with Gasteiger partial charge in [-0.3, -0.25) is 4.79 Å². The summed E-state index contributed by atoms with van der Waals surface area (Å²) in [6.45, 7) is 1.91. The number of nitrogens with zero attached hydrogens (tertiary/aromatic N) is 5. The maximum absolute atomic E-state index is 13.1.